The van der Waals surface area contributed by atoms with Crippen LogP contribution in [0.25, 0.3) is 0 Å². The lowest BCUT2D eigenvalue weighted by atomic mass is 10.1. The second kappa shape index (κ2) is 7.66. The third-order valence-electron chi connectivity index (χ3n) is 3.00. The van der Waals surface area contributed by atoms with Crippen molar-refractivity contribution in [3.63, 3.8) is 0 Å². The van der Waals surface area contributed by atoms with Crippen molar-refractivity contribution in [2.45, 2.75) is 33.7 Å². The molecule has 21 heavy (non-hydrogen) atoms. The average molecular weight is 315 g/mol. The Morgan fingerprint density at radius 3 is 2.38 bits per heavy atom. The molecule has 0 saturated carbocycles. The molecule has 1 aromatic rings. The molecule has 0 aliphatic heterocycles. The summed E-state index contributed by atoms with van der Waals surface area (Å²) in [5.41, 5.74) is 0.834. The molecule has 0 fully saturated rings. The molecule has 0 amide bonds. The normalized spacial score (nSPS) is 13.2. The Kier molecular flexibility index (Phi) is 6.48. The fourth-order valence-corrected chi connectivity index (χ4v) is 2.59. The quantitative estimate of drug-likeness (QED) is 0.801. The first-order chi connectivity index (χ1) is 9.79. The van der Waals surface area contributed by atoms with Gasteiger partial charge in [0.15, 0.2) is 11.5 Å². The second-order valence-electron chi connectivity index (χ2n) is 5.36. The Morgan fingerprint density at radius 1 is 1.19 bits per heavy atom. The summed E-state index contributed by atoms with van der Waals surface area (Å²) in [7, 11) is -1.67. The minimum absolute atomic E-state index is 0.0596. The third-order valence-corrected chi connectivity index (χ3v) is 4.47. The van der Waals surface area contributed by atoms with E-state index in [1.165, 1.54) is 0 Å². The predicted molar refractivity (Wildman–Crippen MR) is 84.3 cm³/mol. The summed E-state index contributed by atoms with van der Waals surface area (Å²) in [5, 5.41) is 0. The van der Waals surface area contributed by atoms with Gasteiger partial charge in [0.25, 0.3) is 0 Å². The molecule has 1 atom stereocenters. The van der Waals surface area contributed by atoms with E-state index in [4.69, 9.17) is 9.47 Å². The number of rotatable bonds is 8. The van der Waals surface area contributed by atoms with Crippen molar-refractivity contribution in [3.8, 4) is 11.5 Å². The van der Waals surface area contributed by atoms with Crippen molar-refractivity contribution < 1.29 is 17.9 Å². The molecule has 0 aliphatic rings. The third kappa shape index (κ3) is 5.55. The first-order valence-corrected chi connectivity index (χ1v) is 8.75. The van der Waals surface area contributed by atoms with Crippen molar-refractivity contribution in [1.82, 2.24) is 4.72 Å². The summed E-state index contributed by atoms with van der Waals surface area (Å²) < 4.78 is 36.9. The predicted octanol–water partition coefficient (Wildman–Crippen LogP) is 2.73. The molecule has 0 aromatic heterocycles. The molecule has 1 aromatic carbocycles. The van der Waals surface area contributed by atoms with Gasteiger partial charge < -0.3 is 9.47 Å². The minimum Gasteiger partial charge on any atom is -0.493 e. The minimum atomic E-state index is -3.24. The van der Waals surface area contributed by atoms with Crippen LogP contribution in [0.4, 0.5) is 0 Å². The van der Waals surface area contributed by atoms with Crippen LogP contribution in [-0.2, 0) is 10.0 Å². The van der Waals surface area contributed by atoms with E-state index in [2.05, 4.69) is 18.6 Å². The van der Waals surface area contributed by atoms with Gasteiger partial charge in [0.05, 0.1) is 19.5 Å². The van der Waals surface area contributed by atoms with E-state index in [9.17, 15) is 8.42 Å². The molecule has 0 bridgehead atoms. The Hall–Kier alpha value is -1.27. The van der Waals surface area contributed by atoms with E-state index < -0.39 is 10.0 Å². The average Bonchev–Trinajstić information content (AvgIpc) is 2.44. The Bertz CT molecular complexity index is 555. The van der Waals surface area contributed by atoms with Gasteiger partial charge in [-0.2, -0.15) is 0 Å². The van der Waals surface area contributed by atoms with Crippen LogP contribution >= 0.6 is 0 Å². The van der Waals surface area contributed by atoms with Crippen molar-refractivity contribution >= 4 is 10.0 Å². The highest BCUT2D eigenvalue weighted by atomic mass is 32.2. The van der Waals surface area contributed by atoms with Crippen LogP contribution in [0, 0.1) is 5.92 Å². The summed E-state index contributed by atoms with van der Waals surface area (Å²) in [5.74, 6) is 1.75. The molecule has 0 radical (unpaired) electrons. The lowest BCUT2D eigenvalue weighted by Crippen LogP contribution is -2.28. The largest absolute Gasteiger partial charge is 0.493 e. The fraction of sp³-hybridized carbons (Fsp3) is 0.600. The molecule has 0 spiro atoms. The van der Waals surface area contributed by atoms with Crippen LogP contribution in [0.2, 0.25) is 0 Å². The van der Waals surface area contributed by atoms with Crippen LogP contribution in [0.1, 0.15) is 39.3 Å². The smallest absolute Gasteiger partial charge is 0.211 e. The maximum absolute atomic E-state index is 11.6. The molecule has 0 unspecified atom stereocenters. The molecular weight excluding hydrogens is 290 g/mol. The lowest BCUT2D eigenvalue weighted by molar-refractivity contribution is 0.256. The summed E-state index contributed by atoms with van der Waals surface area (Å²) in [6, 6.07) is 5.15. The first-order valence-electron chi connectivity index (χ1n) is 7.09. The molecule has 120 valence electrons. The zero-order valence-corrected chi connectivity index (χ0v) is 14.2. The zero-order valence-electron chi connectivity index (χ0n) is 13.3. The van der Waals surface area contributed by atoms with E-state index in [0.717, 1.165) is 5.56 Å². The summed E-state index contributed by atoms with van der Waals surface area (Å²) in [6.07, 6.45) is 0. The topological polar surface area (TPSA) is 64.6 Å². The van der Waals surface area contributed by atoms with Crippen LogP contribution in [0.15, 0.2) is 18.2 Å². The standard InChI is InChI=1S/C15H25NO4S/c1-6-21(17,18)16-12(4)13-7-8-14(15(9-13)19-5)20-10-11(2)3/h7-9,11-12,16H,6,10H2,1-5H3/t12-/m0/s1. The van der Waals surface area contributed by atoms with Gasteiger partial charge in [-0.25, -0.2) is 13.1 Å². The molecule has 5 nitrogen and oxygen atoms in total. The SMILES string of the molecule is CCS(=O)(=O)N[C@@H](C)c1ccc(OCC(C)C)c(OC)c1. The number of hydrogen-bond acceptors (Lipinski definition) is 4. The number of nitrogens with one attached hydrogen (secondary N) is 1. The van der Waals surface area contributed by atoms with E-state index in [-0.39, 0.29) is 11.8 Å². The molecule has 1 rings (SSSR count). The van der Waals surface area contributed by atoms with Gasteiger partial charge >= 0.3 is 0 Å². The maximum atomic E-state index is 11.6. The van der Waals surface area contributed by atoms with Crippen LogP contribution < -0.4 is 14.2 Å². The molecule has 1 N–H and O–H groups in total. The Labute approximate surface area is 127 Å². The van der Waals surface area contributed by atoms with Crippen molar-refractivity contribution in [2.75, 3.05) is 19.5 Å². The van der Waals surface area contributed by atoms with Crippen LogP contribution in [0.3, 0.4) is 0 Å². The number of hydrogen-bond donors (Lipinski definition) is 1. The fourth-order valence-electron chi connectivity index (χ4n) is 1.75. The van der Waals surface area contributed by atoms with Crippen molar-refractivity contribution in [2.24, 2.45) is 5.92 Å². The number of ether oxygens (including phenoxy) is 2. The zero-order chi connectivity index (χ0) is 16.0. The van der Waals surface area contributed by atoms with E-state index in [0.29, 0.717) is 24.0 Å². The summed E-state index contributed by atoms with van der Waals surface area (Å²) in [4.78, 5) is 0. The summed E-state index contributed by atoms with van der Waals surface area (Å²) in [6.45, 7) is 8.16. The van der Waals surface area contributed by atoms with E-state index in [1.807, 2.05) is 12.1 Å². The van der Waals surface area contributed by atoms with Gasteiger partial charge in [0.2, 0.25) is 10.0 Å². The first kappa shape index (κ1) is 17.8. The van der Waals surface area contributed by atoms with Gasteiger partial charge in [-0.05, 0) is 37.5 Å². The van der Waals surface area contributed by atoms with Gasteiger partial charge in [-0.1, -0.05) is 19.9 Å². The highest BCUT2D eigenvalue weighted by molar-refractivity contribution is 7.89. The Morgan fingerprint density at radius 2 is 1.86 bits per heavy atom. The maximum Gasteiger partial charge on any atom is 0.211 e. The molecule has 0 heterocycles. The number of methoxy groups -OCH3 is 1. The molecule has 0 saturated heterocycles. The highest BCUT2D eigenvalue weighted by Crippen LogP contribution is 2.30. The van der Waals surface area contributed by atoms with E-state index in [1.54, 1.807) is 27.0 Å². The van der Waals surface area contributed by atoms with Crippen molar-refractivity contribution in [3.05, 3.63) is 23.8 Å². The molecule has 0 aliphatic carbocycles. The Balaban J connectivity index is 2.91. The monoisotopic (exact) mass is 315 g/mol. The van der Waals surface area contributed by atoms with Crippen LogP contribution in [-0.4, -0.2) is 27.9 Å². The van der Waals surface area contributed by atoms with Gasteiger partial charge in [0.1, 0.15) is 0 Å². The van der Waals surface area contributed by atoms with Crippen LogP contribution in [0.5, 0.6) is 11.5 Å². The van der Waals surface area contributed by atoms with E-state index >= 15 is 0 Å². The molecular formula is C15H25NO4S. The number of sulfonamides is 1. The summed E-state index contributed by atoms with van der Waals surface area (Å²) >= 11 is 0. The van der Waals surface area contributed by atoms with Gasteiger partial charge in [-0.3, -0.25) is 0 Å². The lowest BCUT2D eigenvalue weighted by Gasteiger charge is -2.17. The number of benzene rings is 1. The second-order valence-corrected chi connectivity index (χ2v) is 7.40. The molecule has 6 heteroatoms. The highest BCUT2D eigenvalue weighted by Gasteiger charge is 2.16. The van der Waals surface area contributed by atoms with Gasteiger partial charge in [0, 0.05) is 6.04 Å². The van der Waals surface area contributed by atoms with Gasteiger partial charge in [-0.15, -0.1) is 0 Å². The van der Waals surface area contributed by atoms with Crippen molar-refractivity contribution in [1.29, 1.82) is 0 Å².